The van der Waals surface area contributed by atoms with Crippen LogP contribution in [0.1, 0.15) is 41.6 Å². The lowest BCUT2D eigenvalue weighted by Crippen LogP contribution is -2.44. The Hall–Kier alpha value is -2.42. The van der Waals surface area contributed by atoms with Crippen molar-refractivity contribution in [3.63, 3.8) is 0 Å². The quantitative estimate of drug-likeness (QED) is 0.690. The van der Waals surface area contributed by atoms with Crippen molar-refractivity contribution in [3.8, 4) is 5.75 Å². The molecule has 0 aliphatic carbocycles. The molecule has 2 fully saturated rings. The number of ether oxygens (including phenoxy) is 2. The number of nitrogens with zero attached hydrogens (tertiary/aromatic N) is 1. The van der Waals surface area contributed by atoms with Crippen molar-refractivity contribution in [2.45, 2.75) is 36.0 Å². The van der Waals surface area contributed by atoms with Crippen LogP contribution in [0, 0.1) is 0 Å². The molecule has 2 aromatic carbocycles. The van der Waals surface area contributed by atoms with Gasteiger partial charge < -0.3 is 14.4 Å². The fourth-order valence-corrected chi connectivity index (χ4v) is 5.70. The van der Waals surface area contributed by atoms with Crippen LogP contribution in [0.15, 0.2) is 53.4 Å². The number of likely N-dealkylation sites (tertiary alicyclic amines) is 1. The van der Waals surface area contributed by atoms with Gasteiger partial charge >= 0.3 is 0 Å². The Kier molecular flexibility index (Phi) is 6.83. The molecule has 0 radical (unpaired) electrons. The van der Waals surface area contributed by atoms with Gasteiger partial charge in [0.05, 0.1) is 17.6 Å². The Morgan fingerprint density at radius 2 is 1.78 bits per heavy atom. The van der Waals surface area contributed by atoms with Crippen LogP contribution >= 0.6 is 0 Å². The van der Waals surface area contributed by atoms with E-state index >= 15 is 0 Å². The number of nitrogens with one attached hydrogen (secondary N) is 1. The first-order chi connectivity index (χ1) is 15.5. The summed E-state index contributed by atoms with van der Waals surface area (Å²) in [5.74, 6) is 0.188. The maximum absolute atomic E-state index is 13.2. The van der Waals surface area contributed by atoms with Gasteiger partial charge in [0.1, 0.15) is 5.75 Å². The molecule has 0 unspecified atom stereocenters. The number of methoxy groups -OCH3 is 1. The third kappa shape index (κ3) is 4.67. The van der Waals surface area contributed by atoms with E-state index in [-0.39, 0.29) is 28.3 Å². The second-order valence-corrected chi connectivity index (χ2v) is 10.2. The number of hydrogen-bond acceptors (Lipinski definition) is 5. The molecule has 0 spiro atoms. The molecule has 1 amide bonds. The van der Waals surface area contributed by atoms with E-state index in [0.29, 0.717) is 32.1 Å². The highest BCUT2D eigenvalue weighted by atomic mass is 32.2. The third-order valence-electron chi connectivity index (χ3n) is 6.54. The van der Waals surface area contributed by atoms with Crippen molar-refractivity contribution in [1.82, 2.24) is 9.62 Å². The number of hydrogen-bond donors (Lipinski definition) is 1. The van der Waals surface area contributed by atoms with E-state index in [1.165, 1.54) is 19.2 Å². The van der Waals surface area contributed by atoms with Crippen LogP contribution in [0.25, 0.3) is 0 Å². The van der Waals surface area contributed by atoms with E-state index in [1.807, 2.05) is 30.3 Å². The number of rotatable bonds is 7. The standard InChI is InChI=1S/C24H30N2O5S/c1-30-22-10-9-20(17-21(22)23(27)26-13-5-6-14-26)32(28,29)25-18-24(11-15-31-16-12-24)19-7-3-2-4-8-19/h2-4,7-10,17,25H,5-6,11-16,18H2,1H3. The molecule has 1 N–H and O–H groups in total. The van der Waals surface area contributed by atoms with E-state index in [4.69, 9.17) is 9.47 Å². The van der Waals surface area contributed by atoms with Gasteiger partial charge in [-0.05, 0) is 49.4 Å². The predicted octanol–water partition coefficient (Wildman–Crippen LogP) is 2.96. The first-order valence-corrected chi connectivity index (χ1v) is 12.5. The van der Waals surface area contributed by atoms with Crippen molar-refractivity contribution in [2.75, 3.05) is 40.0 Å². The van der Waals surface area contributed by atoms with Crippen LogP contribution in [0.3, 0.4) is 0 Å². The zero-order chi connectivity index (χ0) is 22.6. The van der Waals surface area contributed by atoms with Crippen molar-refractivity contribution >= 4 is 15.9 Å². The van der Waals surface area contributed by atoms with Gasteiger partial charge in [-0.1, -0.05) is 30.3 Å². The number of benzene rings is 2. The molecule has 7 nitrogen and oxygen atoms in total. The minimum absolute atomic E-state index is 0.0659. The molecule has 8 heteroatoms. The van der Waals surface area contributed by atoms with Crippen LogP contribution in [-0.4, -0.2) is 59.2 Å². The van der Waals surface area contributed by atoms with Crippen LogP contribution in [0.4, 0.5) is 0 Å². The molecule has 32 heavy (non-hydrogen) atoms. The summed E-state index contributed by atoms with van der Waals surface area (Å²) < 4.78 is 40.2. The first-order valence-electron chi connectivity index (χ1n) is 11.1. The monoisotopic (exact) mass is 458 g/mol. The number of carbonyl (C=O) groups is 1. The number of sulfonamides is 1. The van der Waals surface area contributed by atoms with E-state index < -0.39 is 10.0 Å². The second-order valence-electron chi connectivity index (χ2n) is 8.44. The van der Waals surface area contributed by atoms with Gasteiger partial charge in [0, 0.05) is 38.3 Å². The minimum Gasteiger partial charge on any atom is -0.496 e. The average Bonchev–Trinajstić information content (AvgIpc) is 3.38. The lowest BCUT2D eigenvalue weighted by Gasteiger charge is -2.37. The van der Waals surface area contributed by atoms with Gasteiger partial charge in [-0.25, -0.2) is 13.1 Å². The summed E-state index contributed by atoms with van der Waals surface area (Å²) >= 11 is 0. The van der Waals surface area contributed by atoms with Crippen molar-refractivity contribution in [2.24, 2.45) is 0 Å². The SMILES string of the molecule is COc1ccc(S(=O)(=O)NCC2(c3ccccc3)CCOCC2)cc1C(=O)N1CCCC1. The zero-order valence-electron chi connectivity index (χ0n) is 18.4. The van der Waals surface area contributed by atoms with E-state index in [2.05, 4.69) is 4.72 Å². The highest BCUT2D eigenvalue weighted by Gasteiger charge is 2.36. The normalized spacial score (nSPS) is 18.5. The van der Waals surface area contributed by atoms with Crippen LogP contribution in [-0.2, 0) is 20.2 Å². The molecule has 2 saturated heterocycles. The third-order valence-corrected chi connectivity index (χ3v) is 7.94. The second kappa shape index (κ2) is 9.60. The molecule has 172 valence electrons. The Balaban J connectivity index is 1.59. The topological polar surface area (TPSA) is 84.9 Å². The summed E-state index contributed by atoms with van der Waals surface area (Å²) in [5.41, 5.74) is 1.06. The molecule has 0 saturated carbocycles. The Bertz CT molecular complexity index is 1040. The molecule has 4 rings (SSSR count). The highest BCUT2D eigenvalue weighted by Crippen LogP contribution is 2.35. The summed E-state index contributed by atoms with van der Waals surface area (Å²) in [6.45, 7) is 2.81. The molecular weight excluding hydrogens is 428 g/mol. The van der Waals surface area contributed by atoms with Gasteiger partial charge in [-0.15, -0.1) is 0 Å². The summed E-state index contributed by atoms with van der Waals surface area (Å²) in [7, 11) is -2.34. The molecule has 2 aromatic rings. The highest BCUT2D eigenvalue weighted by molar-refractivity contribution is 7.89. The predicted molar refractivity (Wildman–Crippen MR) is 121 cm³/mol. The number of carbonyl (C=O) groups excluding carboxylic acids is 1. The lowest BCUT2D eigenvalue weighted by molar-refractivity contribution is 0.0517. The zero-order valence-corrected chi connectivity index (χ0v) is 19.2. The Labute approximate surface area is 189 Å². The van der Waals surface area contributed by atoms with Crippen molar-refractivity contribution in [3.05, 3.63) is 59.7 Å². The van der Waals surface area contributed by atoms with Crippen LogP contribution in [0.5, 0.6) is 5.75 Å². The van der Waals surface area contributed by atoms with Gasteiger partial charge in [0.2, 0.25) is 10.0 Å². The summed E-state index contributed by atoms with van der Waals surface area (Å²) in [6.07, 6.45) is 3.39. The van der Waals surface area contributed by atoms with Crippen molar-refractivity contribution in [1.29, 1.82) is 0 Å². The fraction of sp³-hybridized carbons (Fsp3) is 0.458. The van der Waals surface area contributed by atoms with E-state index in [1.54, 1.807) is 11.0 Å². The number of amides is 1. The Morgan fingerprint density at radius 1 is 1.09 bits per heavy atom. The Morgan fingerprint density at radius 3 is 2.44 bits per heavy atom. The first kappa shape index (κ1) is 22.8. The van der Waals surface area contributed by atoms with Gasteiger partial charge in [0.15, 0.2) is 0 Å². The van der Waals surface area contributed by atoms with E-state index in [9.17, 15) is 13.2 Å². The maximum atomic E-state index is 13.2. The van der Waals surface area contributed by atoms with E-state index in [0.717, 1.165) is 31.2 Å². The summed E-state index contributed by atoms with van der Waals surface area (Å²) in [5, 5.41) is 0. The smallest absolute Gasteiger partial charge is 0.257 e. The molecule has 0 atom stereocenters. The minimum atomic E-state index is -3.83. The molecule has 2 aliphatic heterocycles. The largest absolute Gasteiger partial charge is 0.496 e. The summed E-state index contributed by atoms with van der Waals surface area (Å²) in [4.78, 5) is 14.8. The average molecular weight is 459 g/mol. The van der Waals surface area contributed by atoms with Crippen LogP contribution < -0.4 is 9.46 Å². The fourth-order valence-electron chi connectivity index (χ4n) is 4.55. The summed E-state index contributed by atoms with van der Waals surface area (Å²) in [6, 6.07) is 14.5. The molecule has 0 bridgehead atoms. The maximum Gasteiger partial charge on any atom is 0.257 e. The molecular formula is C24H30N2O5S. The molecule has 2 heterocycles. The van der Waals surface area contributed by atoms with Crippen LogP contribution in [0.2, 0.25) is 0 Å². The molecule has 2 aliphatic rings. The molecule has 0 aromatic heterocycles. The van der Waals surface area contributed by atoms with Gasteiger partial charge in [-0.2, -0.15) is 0 Å². The van der Waals surface area contributed by atoms with Gasteiger partial charge in [-0.3, -0.25) is 4.79 Å². The van der Waals surface area contributed by atoms with Crippen molar-refractivity contribution < 1.29 is 22.7 Å². The lowest BCUT2D eigenvalue weighted by atomic mass is 9.74. The van der Waals surface area contributed by atoms with Gasteiger partial charge in [0.25, 0.3) is 5.91 Å².